The number of carbonyl (C=O) groups is 1. The number of piperazine rings is 1. The van der Waals surface area contributed by atoms with Gasteiger partial charge >= 0.3 is 0 Å². The maximum Gasteiger partial charge on any atom is 0.223 e. The van der Waals surface area contributed by atoms with Gasteiger partial charge in [-0.2, -0.15) is 0 Å². The van der Waals surface area contributed by atoms with Crippen molar-refractivity contribution < 1.29 is 9.53 Å². The molecule has 0 bridgehead atoms. The van der Waals surface area contributed by atoms with Gasteiger partial charge in [0.2, 0.25) is 5.91 Å². The van der Waals surface area contributed by atoms with E-state index >= 15 is 0 Å². The second-order valence-corrected chi connectivity index (χ2v) is 8.73. The standard InChI is InChI=1S/C22H29N3O2S/c1-16(23-22(26)17-5-6-17)21(20-4-3-15-28-20)25-13-11-24(12-14-25)18-7-9-19(27-2)10-8-18/h3-4,7-10,15-17,21H,5-6,11-14H2,1-2H3,(H,23,26). The molecule has 2 unspecified atom stereocenters. The van der Waals surface area contributed by atoms with Crippen molar-refractivity contribution in [2.24, 2.45) is 5.92 Å². The van der Waals surface area contributed by atoms with Crippen LogP contribution in [0.2, 0.25) is 0 Å². The fourth-order valence-electron chi connectivity index (χ4n) is 4.02. The average molecular weight is 400 g/mol. The first-order valence-electron chi connectivity index (χ1n) is 10.1. The molecule has 4 rings (SSSR count). The molecule has 2 heterocycles. The number of carbonyl (C=O) groups excluding carboxylic acids is 1. The minimum Gasteiger partial charge on any atom is -0.497 e. The molecule has 1 saturated heterocycles. The number of ether oxygens (including phenoxy) is 1. The van der Waals surface area contributed by atoms with E-state index in [0.29, 0.717) is 0 Å². The Labute approximate surface area is 171 Å². The van der Waals surface area contributed by atoms with Crippen LogP contribution in [0, 0.1) is 5.92 Å². The number of hydrogen-bond acceptors (Lipinski definition) is 5. The highest BCUT2D eigenvalue weighted by atomic mass is 32.1. The number of nitrogens with zero attached hydrogens (tertiary/aromatic N) is 2. The first kappa shape index (κ1) is 19.3. The van der Waals surface area contributed by atoms with Crippen LogP contribution >= 0.6 is 11.3 Å². The van der Waals surface area contributed by atoms with Crippen LogP contribution < -0.4 is 15.0 Å². The fraction of sp³-hybridized carbons (Fsp3) is 0.500. The zero-order valence-corrected chi connectivity index (χ0v) is 17.5. The normalized spacial score (nSPS) is 19.9. The Morgan fingerprint density at radius 3 is 2.43 bits per heavy atom. The van der Waals surface area contributed by atoms with Crippen molar-refractivity contribution in [2.75, 3.05) is 38.2 Å². The molecular formula is C22H29N3O2S. The quantitative estimate of drug-likeness (QED) is 0.774. The number of amides is 1. The highest BCUT2D eigenvalue weighted by Gasteiger charge is 2.35. The number of thiophene rings is 1. The van der Waals surface area contributed by atoms with Gasteiger partial charge in [0, 0.05) is 48.7 Å². The summed E-state index contributed by atoms with van der Waals surface area (Å²) in [6.07, 6.45) is 2.09. The second-order valence-electron chi connectivity index (χ2n) is 7.75. The van der Waals surface area contributed by atoms with Gasteiger partial charge < -0.3 is 15.0 Å². The third-order valence-electron chi connectivity index (χ3n) is 5.77. The van der Waals surface area contributed by atoms with E-state index in [1.54, 1.807) is 18.4 Å². The lowest BCUT2D eigenvalue weighted by Crippen LogP contribution is -2.52. The smallest absolute Gasteiger partial charge is 0.223 e. The van der Waals surface area contributed by atoms with Crippen molar-refractivity contribution in [3.63, 3.8) is 0 Å². The molecule has 2 atom stereocenters. The van der Waals surface area contributed by atoms with Crippen molar-refractivity contribution in [3.8, 4) is 5.75 Å². The summed E-state index contributed by atoms with van der Waals surface area (Å²) in [4.78, 5) is 18.6. The predicted molar refractivity (Wildman–Crippen MR) is 114 cm³/mol. The Hall–Kier alpha value is -2.05. The number of nitrogens with one attached hydrogen (secondary N) is 1. The van der Waals surface area contributed by atoms with E-state index in [1.165, 1.54) is 10.6 Å². The van der Waals surface area contributed by atoms with Gasteiger partial charge in [-0.3, -0.25) is 9.69 Å². The van der Waals surface area contributed by atoms with Crippen molar-refractivity contribution in [1.82, 2.24) is 10.2 Å². The summed E-state index contributed by atoms with van der Waals surface area (Å²) in [5, 5.41) is 5.41. The third kappa shape index (κ3) is 4.33. The van der Waals surface area contributed by atoms with Crippen molar-refractivity contribution in [2.45, 2.75) is 31.8 Å². The summed E-state index contributed by atoms with van der Waals surface area (Å²) in [7, 11) is 1.70. The van der Waals surface area contributed by atoms with Gasteiger partial charge in [-0.1, -0.05) is 6.07 Å². The molecular weight excluding hydrogens is 370 g/mol. The topological polar surface area (TPSA) is 44.8 Å². The van der Waals surface area contributed by atoms with Crippen LogP contribution in [0.25, 0.3) is 0 Å². The minimum absolute atomic E-state index is 0.110. The monoisotopic (exact) mass is 399 g/mol. The van der Waals surface area contributed by atoms with E-state index in [2.05, 4.69) is 51.7 Å². The number of methoxy groups -OCH3 is 1. The van der Waals surface area contributed by atoms with Gasteiger partial charge in [0.05, 0.1) is 13.2 Å². The molecule has 5 nitrogen and oxygen atoms in total. The van der Waals surface area contributed by atoms with Crippen LogP contribution in [0.5, 0.6) is 5.75 Å². The van der Waals surface area contributed by atoms with Crippen LogP contribution in [0.3, 0.4) is 0 Å². The molecule has 1 aliphatic carbocycles. The molecule has 1 aliphatic heterocycles. The minimum atomic E-state index is 0.110. The zero-order chi connectivity index (χ0) is 19.5. The van der Waals surface area contributed by atoms with Crippen LogP contribution in [-0.4, -0.2) is 50.1 Å². The zero-order valence-electron chi connectivity index (χ0n) is 16.6. The molecule has 0 radical (unpaired) electrons. The lowest BCUT2D eigenvalue weighted by atomic mass is 10.0. The largest absolute Gasteiger partial charge is 0.497 e. The maximum atomic E-state index is 12.3. The summed E-state index contributed by atoms with van der Waals surface area (Å²) in [6.45, 7) is 6.09. The van der Waals surface area contributed by atoms with Gasteiger partial charge in [0.25, 0.3) is 0 Å². The molecule has 28 heavy (non-hydrogen) atoms. The van der Waals surface area contributed by atoms with Crippen LogP contribution in [-0.2, 0) is 4.79 Å². The van der Waals surface area contributed by atoms with Crippen LogP contribution in [0.1, 0.15) is 30.7 Å². The van der Waals surface area contributed by atoms with Gasteiger partial charge in [0.15, 0.2) is 0 Å². The van der Waals surface area contributed by atoms with Crippen molar-refractivity contribution in [1.29, 1.82) is 0 Å². The molecule has 1 amide bonds. The van der Waals surface area contributed by atoms with E-state index in [9.17, 15) is 4.79 Å². The molecule has 1 saturated carbocycles. The summed E-state index contributed by atoms with van der Waals surface area (Å²) < 4.78 is 5.27. The molecule has 1 aromatic carbocycles. The molecule has 2 aliphatic rings. The Morgan fingerprint density at radius 2 is 1.86 bits per heavy atom. The Balaban J connectivity index is 1.42. The van der Waals surface area contributed by atoms with Crippen LogP contribution in [0.4, 0.5) is 5.69 Å². The van der Waals surface area contributed by atoms with Gasteiger partial charge in [-0.15, -0.1) is 11.3 Å². The molecule has 2 aromatic rings. The molecule has 1 aromatic heterocycles. The maximum absolute atomic E-state index is 12.3. The average Bonchev–Trinajstić information content (AvgIpc) is 3.45. The van der Waals surface area contributed by atoms with E-state index in [4.69, 9.17) is 4.74 Å². The van der Waals surface area contributed by atoms with E-state index in [1.807, 2.05) is 12.1 Å². The first-order chi connectivity index (χ1) is 13.7. The highest BCUT2D eigenvalue weighted by molar-refractivity contribution is 7.10. The first-order valence-corrected chi connectivity index (χ1v) is 11.0. The summed E-state index contributed by atoms with van der Waals surface area (Å²) in [6, 6.07) is 13.0. The van der Waals surface area contributed by atoms with Crippen molar-refractivity contribution in [3.05, 3.63) is 46.7 Å². The summed E-state index contributed by atoms with van der Waals surface area (Å²) >= 11 is 1.78. The summed E-state index contributed by atoms with van der Waals surface area (Å²) in [5.41, 5.74) is 1.24. The fourth-order valence-corrected chi connectivity index (χ4v) is 4.98. The summed E-state index contributed by atoms with van der Waals surface area (Å²) in [5.74, 6) is 1.37. The predicted octanol–water partition coefficient (Wildman–Crippen LogP) is 3.53. The van der Waals surface area contributed by atoms with E-state index in [0.717, 1.165) is 44.8 Å². The number of anilines is 1. The second kappa shape index (κ2) is 8.53. The lowest BCUT2D eigenvalue weighted by molar-refractivity contribution is -0.123. The molecule has 0 spiro atoms. The van der Waals surface area contributed by atoms with Gasteiger partial charge in [-0.25, -0.2) is 0 Å². The Morgan fingerprint density at radius 1 is 1.14 bits per heavy atom. The molecule has 1 N–H and O–H groups in total. The molecule has 2 fully saturated rings. The molecule has 6 heteroatoms. The lowest BCUT2D eigenvalue weighted by Gasteiger charge is -2.42. The van der Waals surface area contributed by atoms with Crippen molar-refractivity contribution >= 4 is 22.9 Å². The molecule has 150 valence electrons. The Bertz CT molecular complexity index is 766. The Kier molecular flexibility index (Phi) is 5.87. The van der Waals surface area contributed by atoms with E-state index < -0.39 is 0 Å². The highest BCUT2D eigenvalue weighted by Crippen LogP contribution is 2.33. The number of rotatable bonds is 7. The van der Waals surface area contributed by atoms with Gasteiger partial charge in [-0.05, 0) is 55.5 Å². The number of benzene rings is 1. The van der Waals surface area contributed by atoms with Gasteiger partial charge in [0.1, 0.15) is 5.75 Å². The van der Waals surface area contributed by atoms with Crippen LogP contribution in [0.15, 0.2) is 41.8 Å². The SMILES string of the molecule is COc1ccc(N2CCN(C(c3cccs3)C(C)NC(=O)C3CC3)CC2)cc1. The third-order valence-corrected chi connectivity index (χ3v) is 6.71. The van der Waals surface area contributed by atoms with E-state index in [-0.39, 0.29) is 23.9 Å². The number of hydrogen-bond donors (Lipinski definition) is 1.